The lowest BCUT2D eigenvalue weighted by Gasteiger charge is -2.11. The Bertz CT molecular complexity index is 582. The summed E-state index contributed by atoms with van der Waals surface area (Å²) < 4.78 is 45.3. The Hall–Kier alpha value is -2.37. The van der Waals surface area contributed by atoms with Gasteiger partial charge < -0.3 is 14.8 Å². The second-order valence-electron chi connectivity index (χ2n) is 4.28. The molecule has 0 aliphatic heterocycles. The molecular weight excluding hydrogens is 283 g/mol. The van der Waals surface area contributed by atoms with Crippen molar-refractivity contribution in [2.75, 3.05) is 12.4 Å². The Morgan fingerprint density at radius 3 is 2.33 bits per heavy atom. The quantitative estimate of drug-likeness (QED) is 0.897. The second kappa shape index (κ2) is 6.39. The van der Waals surface area contributed by atoms with Crippen LogP contribution >= 0.6 is 0 Å². The van der Waals surface area contributed by atoms with E-state index in [0.29, 0.717) is 12.2 Å². The van der Waals surface area contributed by atoms with E-state index in [4.69, 9.17) is 4.74 Å². The van der Waals surface area contributed by atoms with Gasteiger partial charge in [-0.25, -0.2) is 0 Å². The van der Waals surface area contributed by atoms with Gasteiger partial charge in [-0.2, -0.15) is 0 Å². The van der Waals surface area contributed by atoms with Gasteiger partial charge in [0.2, 0.25) is 0 Å². The van der Waals surface area contributed by atoms with E-state index in [9.17, 15) is 13.2 Å². The Labute approximate surface area is 120 Å². The lowest BCUT2D eigenvalue weighted by Crippen LogP contribution is -2.17. The van der Waals surface area contributed by atoms with Gasteiger partial charge >= 0.3 is 6.36 Å². The van der Waals surface area contributed by atoms with Gasteiger partial charge in [0.25, 0.3) is 0 Å². The van der Waals surface area contributed by atoms with Crippen LogP contribution in [0.15, 0.2) is 48.5 Å². The van der Waals surface area contributed by atoms with Gasteiger partial charge in [-0.1, -0.05) is 18.2 Å². The minimum atomic E-state index is -4.69. The first-order valence-corrected chi connectivity index (χ1v) is 6.19. The van der Waals surface area contributed by atoms with Crippen molar-refractivity contribution in [2.45, 2.75) is 12.9 Å². The fraction of sp³-hybridized carbons (Fsp3) is 0.200. The van der Waals surface area contributed by atoms with Crippen LogP contribution in [0.3, 0.4) is 0 Å². The molecule has 0 heterocycles. The van der Waals surface area contributed by atoms with Crippen molar-refractivity contribution in [2.24, 2.45) is 0 Å². The molecule has 0 aliphatic rings. The Balaban J connectivity index is 1.97. The maximum atomic E-state index is 12.1. The highest BCUT2D eigenvalue weighted by atomic mass is 19.4. The molecule has 2 aromatic rings. The van der Waals surface area contributed by atoms with Gasteiger partial charge in [0.15, 0.2) is 0 Å². The van der Waals surface area contributed by atoms with Crippen molar-refractivity contribution in [3.63, 3.8) is 0 Å². The minimum Gasteiger partial charge on any atom is -0.497 e. The van der Waals surface area contributed by atoms with E-state index in [-0.39, 0.29) is 5.75 Å². The molecular formula is C15H14F3NO2. The summed E-state index contributed by atoms with van der Waals surface area (Å²) in [5.74, 6) is 0.501. The van der Waals surface area contributed by atoms with Crippen LogP contribution in [-0.2, 0) is 6.54 Å². The van der Waals surface area contributed by atoms with E-state index in [2.05, 4.69) is 10.1 Å². The van der Waals surface area contributed by atoms with Crippen molar-refractivity contribution in [3.8, 4) is 11.5 Å². The first-order valence-electron chi connectivity index (χ1n) is 6.19. The van der Waals surface area contributed by atoms with Gasteiger partial charge in [-0.15, -0.1) is 13.2 Å². The fourth-order valence-electron chi connectivity index (χ4n) is 1.75. The predicted molar refractivity (Wildman–Crippen MR) is 73.4 cm³/mol. The molecule has 0 aliphatic carbocycles. The summed E-state index contributed by atoms with van der Waals surface area (Å²) in [4.78, 5) is 0. The smallest absolute Gasteiger partial charge is 0.497 e. The highest BCUT2D eigenvalue weighted by Gasteiger charge is 2.31. The summed E-state index contributed by atoms with van der Waals surface area (Å²) >= 11 is 0. The summed E-state index contributed by atoms with van der Waals surface area (Å²) in [6.07, 6.45) is -4.69. The monoisotopic (exact) mass is 297 g/mol. The maximum Gasteiger partial charge on any atom is 0.573 e. The van der Waals surface area contributed by atoms with E-state index < -0.39 is 6.36 Å². The van der Waals surface area contributed by atoms with Crippen molar-refractivity contribution in [1.29, 1.82) is 0 Å². The van der Waals surface area contributed by atoms with Gasteiger partial charge in [-0.05, 0) is 29.8 Å². The largest absolute Gasteiger partial charge is 0.573 e. The van der Waals surface area contributed by atoms with Crippen LogP contribution in [-0.4, -0.2) is 13.5 Å². The highest BCUT2D eigenvalue weighted by Crippen LogP contribution is 2.25. The third kappa shape index (κ3) is 4.91. The van der Waals surface area contributed by atoms with Gasteiger partial charge in [0.1, 0.15) is 11.5 Å². The third-order valence-electron chi connectivity index (χ3n) is 2.72. The molecule has 0 saturated carbocycles. The molecule has 0 amide bonds. The highest BCUT2D eigenvalue weighted by molar-refractivity contribution is 5.48. The minimum absolute atomic E-state index is 0.248. The normalized spacial score (nSPS) is 11.0. The molecule has 6 heteroatoms. The topological polar surface area (TPSA) is 30.5 Å². The lowest BCUT2D eigenvalue weighted by molar-refractivity contribution is -0.274. The third-order valence-corrected chi connectivity index (χ3v) is 2.72. The average molecular weight is 297 g/mol. The number of halogens is 3. The van der Waals surface area contributed by atoms with Crippen molar-refractivity contribution in [1.82, 2.24) is 0 Å². The number of hydrogen-bond acceptors (Lipinski definition) is 3. The Kier molecular flexibility index (Phi) is 4.57. The molecule has 0 aromatic heterocycles. The molecule has 0 radical (unpaired) electrons. The van der Waals surface area contributed by atoms with Crippen LogP contribution in [0.1, 0.15) is 5.56 Å². The number of rotatable bonds is 5. The molecule has 0 fully saturated rings. The number of nitrogens with one attached hydrogen (secondary N) is 1. The zero-order valence-corrected chi connectivity index (χ0v) is 11.3. The van der Waals surface area contributed by atoms with Crippen LogP contribution in [0.25, 0.3) is 0 Å². The molecule has 2 aromatic carbocycles. The molecule has 21 heavy (non-hydrogen) atoms. The van der Waals surface area contributed by atoms with Crippen molar-refractivity contribution >= 4 is 5.69 Å². The first-order chi connectivity index (χ1) is 9.96. The van der Waals surface area contributed by atoms with Crippen molar-refractivity contribution < 1.29 is 22.6 Å². The first kappa shape index (κ1) is 15.0. The summed E-state index contributed by atoms with van der Waals surface area (Å²) in [7, 11) is 1.58. The van der Waals surface area contributed by atoms with E-state index >= 15 is 0 Å². The molecule has 1 N–H and O–H groups in total. The fourth-order valence-corrected chi connectivity index (χ4v) is 1.75. The van der Waals surface area contributed by atoms with Crippen LogP contribution in [0.4, 0.5) is 18.9 Å². The zero-order chi connectivity index (χ0) is 15.3. The zero-order valence-electron chi connectivity index (χ0n) is 11.3. The molecule has 3 nitrogen and oxygen atoms in total. The summed E-state index contributed by atoms with van der Waals surface area (Å²) in [6, 6.07) is 13.1. The lowest BCUT2D eigenvalue weighted by atomic mass is 10.2. The molecule has 2 rings (SSSR count). The van der Waals surface area contributed by atoms with E-state index in [0.717, 1.165) is 11.3 Å². The van der Waals surface area contributed by atoms with Crippen LogP contribution in [0.5, 0.6) is 11.5 Å². The van der Waals surface area contributed by atoms with Gasteiger partial charge in [-0.3, -0.25) is 0 Å². The second-order valence-corrected chi connectivity index (χ2v) is 4.28. The summed E-state index contributed by atoms with van der Waals surface area (Å²) in [6.45, 7) is 0.486. The number of benzene rings is 2. The Morgan fingerprint density at radius 2 is 1.71 bits per heavy atom. The molecule has 112 valence electrons. The molecule has 0 atom stereocenters. The summed E-state index contributed by atoms with van der Waals surface area (Å²) in [5.41, 5.74) is 1.53. The molecule has 0 unspecified atom stereocenters. The maximum absolute atomic E-state index is 12.1. The molecule has 0 saturated heterocycles. The van der Waals surface area contributed by atoms with Crippen LogP contribution in [0, 0.1) is 0 Å². The van der Waals surface area contributed by atoms with Gasteiger partial charge in [0.05, 0.1) is 7.11 Å². The van der Waals surface area contributed by atoms with E-state index in [1.54, 1.807) is 13.2 Å². The SMILES string of the molecule is COc1ccc(CNc2cccc(OC(F)(F)F)c2)cc1. The van der Waals surface area contributed by atoms with Crippen LogP contribution < -0.4 is 14.8 Å². The molecule has 0 bridgehead atoms. The van der Waals surface area contributed by atoms with Gasteiger partial charge in [0, 0.05) is 18.3 Å². The standard InChI is InChI=1S/C15H14F3NO2/c1-20-13-7-5-11(6-8-13)10-19-12-3-2-4-14(9-12)21-15(16,17)18/h2-9,19H,10H2,1H3. The Morgan fingerprint density at radius 1 is 1.00 bits per heavy atom. The average Bonchev–Trinajstić information content (AvgIpc) is 2.44. The number of ether oxygens (including phenoxy) is 2. The number of anilines is 1. The molecule has 0 spiro atoms. The van der Waals surface area contributed by atoms with Crippen molar-refractivity contribution in [3.05, 3.63) is 54.1 Å². The number of alkyl halides is 3. The number of methoxy groups -OCH3 is 1. The summed E-state index contributed by atoms with van der Waals surface area (Å²) in [5, 5.41) is 3.04. The predicted octanol–water partition coefficient (Wildman–Crippen LogP) is 4.21. The van der Waals surface area contributed by atoms with Crippen LogP contribution in [0.2, 0.25) is 0 Å². The van der Waals surface area contributed by atoms with E-state index in [1.807, 2.05) is 24.3 Å². The number of hydrogen-bond donors (Lipinski definition) is 1. The van der Waals surface area contributed by atoms with E-state index in [1.165, 1.54) is 18.2 Å².